The van der Waals surface area contributed by atoms with E-state index in [0.29, 0.717) is 32.1 Å². The third kappa shape index (κ3) is 9.90. The van der Waals surface area contributed by atoms with Crippen molar-refractivity contribution >= 4 is 5.97 Å². The molecule has 0 bridgehead atoms. The molecule has 2 fully saturated rings. The molecule has 0 aromatic heterocycles. The molecule has 0 N–H and O–H groups in total. The predicted octanol–water partition coefficient (Wildman–Crippen LogP) is 6.87. The third-order valence-corrected chi connectivity index (χ3v) is 7.58. The zero-order chi connectivity index (χ0) is 27.5. The lowest BCUT2D eigenvalue weighted by Gasteiger charge is -2.36. The fourth-order valence-corrected chi connectivity index (χ4v) is 5.68. The van der Waals surface area contributed by atoms with Gasteiger partial charge in [-0.25, -0.2) is 0 Å². The fourth-order valence-electron chi connectivity index (χ4n) is 5.68. The maximum absolute atomic E-state index is 11.9. The van der Waals surface area contributed by atoms with Gasteiger partial charge in [0.05, 0.1) is 25.4 Å². The van der Waals surface area contributed by atoms with Crippen molar-refractivity contribution in [1.82, 2.24) is 4.90 Å². The highest BCUT2D eigenvalue weighted by atomic mass is 16.6. The first-order valence-corrected chi connectivity index (χ1v) is 14.8. The third-order valence-electron chi connectivity index (χ3n) is 7.58. The van der Waals surface area contributed by atoms with Crippen molar-refractivity contribution in [2.24, 2.45) is 0 Å². The number of allylic oxidation sites excluding steroid dienone is 1. The van der Waals surface area contributed by atoms with Crippen LogP contribution in [0.15, 0.2) is 66.7 Å². The van der Waals surface area contributed by atoms with Crippen molar-refractivity contribution in [2.75, 3.05) is 19.7 Å². The Hall–Kier alpha value is -2.47. The Bertz CT molecular complexity index is 1020. The molecule has 0 unspecified atom stereocenters. The molecule has 5 nitrogen and oxygen atoms in total. The van der Waals surface area contributed by atoms with Gasteiger partial charge in [0.1, 0.15) is 5.60 Å². The lowest BCUT2D eigenvalue weighted by Crippen LogP contribution is -2.47. The van der Waals surface area contributed by atoms with Gasteiger partial charge in [-0.1, -0.05) is 73.2 Å². The Labute approximate surface area is 235 Å². The fraction of sp³-hybridized carbons (Fsp3) is 0.559. The van der Waals surface area contributed by atoms with Gasteiger partial charge in [-0.2, -0.15) is 0 Å². The molecule has 4 rings (SSSR count). The lowest BCUT2D eigenvalue weighted by molar-refractivity contribution is -0.154. The number of benzene rings is 2. The minimum absolute atomic E-state index is 0.0657. The zero-order valence-electron chi connectivity index (χ0n) is 24.1. The van der Waals surface area contributed by atoms with Crippen LogP contribution in [0.25, 0.3) is 0 Å². The molecule has 212 valence electrons. The van der Waals surface area contributed by atoms with Crippen LogP contribution in [0.2, 0.25) is 0 Å². The van der Waals surface area contributed by atoms with Crippen molar-refractivity contribution in [3.05, 3.63) is 83.4 Å². The zero-order valence-corrected chi connectivity index (χ0v) is 24.1. The molecule has 1 saturated carbocycles. The molecule has 2 aromatic rings. The summed E-state index contributed by atoms with van der Waals surface area (Å²) in [5.41, 5.74) is 3.41. The Balaban J connectivity index is 1.28. The number of hydrogen-bond acceptors (Lipinski definition) is 5. The first kappa shape index (κ1) is 29.5. The van der Waals surface area contributed by atoms with Crippen LogP contribution in [0.4, 0.5) is 0 Å². The van der Waals surface area contributed by atoms with Gasteiger partial charge in [-0.3, -0.25) is 9.69 Å². The molecule has 1 aliphatic carbocycles. The Morgan fingerprint density at radius 3 is 2.28 bits per heavy atom. The number of likely N-dealkylation sites (tertiary alicyclic amines) is 1. The molecule has 0 radical (unpaired) electrons. The van der Waals surface area contributed by atoms with Crippen molar-refractivity contribution in [3.8, 4) is 0 Å². The number of carbonyl (C=O) groups excluding carboxylic acids is 1. The van der Waals surface area contributed by atoms with Crippen LogP contribution in [0.5, 0.6) is 0 Å². The number of ether oxygens (including phenoxy) is 3. The molecule has 0 spiro atoms. The van der Waals surface area contributed by atoms with Crippen LogP contribution in [-0.4, -0.2) is 54.4 Å². The van der Waals surface area contributed by atoms with Gasteiger partial charge in [-0.05, 0) is 89.1 Å². The van der Waals surface area contributed by atoms with E-state index >= 15 is 0 Å². The Kier molecular flexibility index (Phi) is 11.2. The summed E-state index contributed by atoms with van der Waals surface area (Å²) in [6.45, 7) is 9.15. The number of nitrogens with zero attached hydrogens (tertiary/aromatic N) is 1. The van der Waals surface area contributed by atoms with Crippen molar-refractivity contribution in [2.45, 2.75) is 103 Å². The van der Waals surface area contributed by atoms with Crippen molar-refractivity contribution < 1.29 is 19.0 Å². The summed E-state index contributed by atoms with van der Waals surface area (Å²) in [6, 6.07) is 19.8. The normalized spacial score (nSPS) is 22.4. The van der Waals surface area contributed by atoms with Gasteiger partial charge in [0, 0.05) is 12.5 Å². The summed E-state index contributed by atoms with van der Waals surface area (Å²) < 4.78 is 18.4. The first-order valence-electron chi connectivity index (χ1n) is 14.8. The molecule has 3 atom stereocenters. The van der Waals surface area contributed by atoms with E-state index < -0.39 is 5.60 Å². The van der Waals surface area contributed by atoms with Gasteiger partial charge >= 0.3 is 5.97 Å². The molecule has 0 amide bonds. The summed E-state index contributed by atoms with van der Waals surface area (Å²) in [6.07, 6.45) is 12.3. The molecule has 1 saturated heterocycles. The highest BCUT2D eigenvalue weighted by molar-refractivity contribution is 5.69. The molecule has 39 heavy (non-hydrogen) atoms. The molecular weight excluding hydrogens is 486 g/mol. The monoisotopic (exact) mass is 533 g/mol. The number of esters is 1. The first-order chi connectivity index (χ1) is 18.9. The summed E-state index contributed by atoms with van der Waals surface area (Å²) in [5, 5.41) is 0. The maximum atomic E-state index is 11.9. The van der Waals surface area contributed by atoms with E-state index in [2.05, 4.69) is 59.5 Å². The second-order valence-corrected chi connectivity index (χ2v) is 12.0. The van der Waals surface area contributed by atoms with Gasteiger partial charge in [-0.15, -0.1) is 0 Å². The summed E-state index contributed by atoms with van der Waals surface area (Å²) in [5.74, 6) is -0.157. The van der Waals surface area contributed by atoms with E-state index in [9.17, 15) is 4.79 Å². The molecule has 5 heteroatoms. The second-order valence-electron chi connectivity index (χ2n) is 12.0. The predicted molar refractivity (Wildman–Crippen MR) is 157 cm³/mol. The van der Waals surface area contributed by atoms with Crippen LogP contribution in [0.3, 0.4) is 0 Å². The van der Waals surface area contributed by atoms with Crippen LogP contribution >= 0.6 is 0 Å². The largest absolute Gasteiger partial charge is 0.460 e. The van der Waals surface area contributed by atoms with Crippen molar-refractivity contribution in [3.63, 3.8) is 0 Å². The lowest BCUT2D eigenvalue weighted by atomic mass is 10.0. The standard InChI is InChI=1S/C34H47NO4/c1-34(2,3)39-32(36)15-9-5-12-24-37-33-30(35-22-10-6-11-23-35)20-21-31(33)38-26-29-18-16-28(17-19-29)25-27-13-7-4-8-14-27/h4-5,7-8,12-14,16-19,30-31,33H,6,9-11,15,20-26H2,1-3H3/t30-,31-,33+/m1/s1. The van der Waals surface area contributed by atoms with Gasteiger partial charge in [0.25, 0.3) is 0 Å². The summed E-state index contributed by atoms with van der Waals surface area (Å²) in [4.78, 5) is 14.6. The minimum atomic E-state index is -0.435. The number of rotatable bonds is 12. The summed E-state index contributed by atoms with van der Waals surface area (Å²) >= 11 is 0. The average Bonchev–Trinajstić information content (AvgIpc) is 3.33. The van der Waals surface area contributed by atoms with Gasteiger partial charge in [0.2, 0.25) is 0 Å². The topological polar surface area (TPSA) is 48.0 Å². The quantitative estimate of drug-likeness (QED) is 0.220. The summed E-state index contributed by atoms with van der Waals surface area (Å²) in [7, 11) is 0. The van der Waals surface area contributed by atoms with E-state index in [1.807, 2.05) is 32.9 Å². The van der Waals surface area contributed by atoms with E-state index in [1.165, 1.54) is 36.0 Å². The molecule has 2 aliphatic rings. The van der Waals surface area contributed by atoms with E-state index in [-0.39, 0.29) is 18.2 Å². The molecule has 1 aliphatic heterocycles. The van der Waals surface area contributed by atoms with E-state index in [0.717, 1.165) is 32.4 Å². The van der Waals surface area contributed by atoms with Crippen LogP contribution < -0.4 is 0 Å². The van der Waals surface area contributed by atoms with E-state index in [4.69, 9.17) is 14.2 Å². The maximum Gasteiger partial charge on any atom is 0.306 e. The van der Waals surface area contributed by atoms with Gasteiger partial charge in [0.15, 0.2) is 0 Å². The molecular formula is C34H47NO4. The molecule has 1 heterocycles. The van der Waals surface area contributed by atoms with Gasteiger partial charge < -0.3 is 14.2 Å². The van der Waals surface area contributed by atoms with Crippen molar-refractivity contribution in [1.29, 1.82) is 0 Å². The van der Waals surface area contributed by atoms with Crippen LogP contribution in [0, 0.1) is 0 Å². The number of piperidine rings is 1. The smallest absolute Gasteiger partial charge is 0.306 e. The minimum Gasteiger partial charge on any atom is -0.460 e. The van der Waals surface area contributed by atoms with E-state index in [1.54, 1.807) is 0 Å². The highest BCUT2D eigenvalue weighted by Crippen LogP contribution is 2.32. The number of carbonyl (C=O) groups is 1. The second kappa shape index (κ2) is 14.8. The number of hydrogen-bond donors (Lipinski definition) is 0. The highest BCUT2D eigenvalue weighted by Gasteiger charge is 2.41. The van der Waals surface area contributed by atoms with Crippen LogP contribution in [0.1, 0.15) is 82.4 Å². The Morgan fingerprint density at radius 1 is 0.872 bits per heavy atom. The van der Waals surface area contributed by atoms with Crippen LogP contribution in [-0.2, 0) is 32.0 Å². The average molecular weight is 534 g/mol. The molecule has 2 aromatic carbocycles. The SMILES string of the molecule is CC(C)(C)OC(=O)CCC=CCO[C@H]1[C@H](N2CCCCC2)CC[C@H]1OCc1ccc(Cc2ccccc2)cc1. The Morgan fingerprint density at radius 2 is 1.56 bits per heavy atom.